The molecule has 1 rings (SSSR count). The Kier molecular flexibility index (Phi) is 3.61. The number of nitro benzene ring substituents is 1. The Hall–Kier alpha value is -1.18. The monoisotopic (exact) mass is 276 g/mol. The molecule has 0 unspecified atom stereocenters. The van der Waals surface area contributed by atoms with Gasteiger partial charge in [-0.15, -0.1) is 0 Å². The molecule has 6 nitrogen and oxygen atoms in total. The van der Waals surface area contributed by atoms with Gasteiger partial charge in [0.1, 0.15) is 0 Å². The van der Waals surface area contributed by atoms with Crippen LogP contribution in [0.2, 0.25) is 0 Å². The standard InChI is InChI=1S/C8H9BrN2O4/c9-4-1-5(6(10)3-12)8(13)7(2-4)11(14)15/h1-2,6,12-13H,3,10H2/t6-/m0/s1. The highest BCUT2D eigenvalue weighted by Gasteiger charge is 2.21. The molecule has 0 spiro atoms. The second kappa shape index (κ2) is 4.56. The Morgan fingerprint density at radius 1 is 1.60 bits per heavy atom. The number of halogens is 1. The van der Waals surface area contributed by atoms with Crippen LogP contribution in [0.5, 0.6) is 5.75 Å². The molecule has 0 aliphatic rings. The third kappa shape index (κ3) is 2.44. The first-order valence-electron chi connectivity index (χ1n) is 4.00. The second-order valence-corrected chi connectivity index (χ2v) is 3.82. The largest absolute Gasteiger partial charge is 0.502 e. The van der Waals surface area contributed by atoms with E-state index in [1.165, 1.54) is 12.1 Å². The summed E-state index contributed by atoms with van der Waals surface area (Å²) in [6.07, 6.45) is 0. The van der Waals surface area contributed by atoms with Gasteiger partial charge in [0.15, 0.2) is 5.75 Å². The minimum Gasteiger partial charge on any atom is -0.502 e. The number of aromatic hydroxyl groups is 1. The molecule has 4 N–H and O–H groups in total. The summed E-state index contributed by atoms with van der Waals surface area (Å²) < 4.78 is 0.422. The number of aliphatic hydroxyl groups excluding tert-OH is 1. The molecule has 1 aromatic rings. The molecule has 0 fully saturated rings. The van der Waals surface area contributed by atoms with Gasteiger partial charge in [-0.05, 0) is 6.07 Å². The molecular formula is C8H9BrN2O4. The lowest BCUT2D eigenvalue weighted by Gasteiger charge is -2.11. The van der Waals surface area contributed by atoms with Crippen molar-refractivity contribution in [3.8, 4) is 5.75 Å². The van der Waals surface area contributed by atoms with Crippen LogP contribution in [-0.2, 0) is 0 Å². The summed E-state index contributed by atoms with van der Waals surface area (Å²) in [4.78, 5) is 9.84. The molecule has 1 aromatic carbocycles. The summed E-state index contributed by atoms with van der Waals surface area (Å²) in [5.74, 6) is -0.509. The molecule has 82 valence electrons. The number of nitrogens with two attached hydrogens (primary N) is 1. The Labute approximate surface area is 93.6 Å². The van der Waals surface area contributed by atoms with E-state index in [0.29, 0.717) is 4.47 Å². The summed E-state index contributed by atoms with van der Waals surface area (Å²) >= 11 is 3.06. The van der Waals surface area contributed by atoms with Crippen LogP contribution in [0.3, 0.4) is 0 Å². The zero-order valence-corrected chi connectivity index (χ0v) is 9.14. The summed E-state index contributed by atoms with van der Waals surface area (Å²) in [5.41, 5.74) is 5.18. The first-order valence-corrected chi connectivity index (χ1v) is 4.80. The van der Waals surface area contributed by atoms with Crippen LogP contribution in [0.1, 0.15) is 11.6 Å². The highest BCUT2D eigenvalue weighted by Crippen LogP contribution is 2.35. The second-order valence-electron chi connectivity index (χ2n) is 2.91. The third-order valence-corrected chi connectivity index (χ3v) is 2.33. The molecule has 0 bridgehead atoms. The van der Waals surface area contributed by atoms with Crippen LogP contribution in [0.4, 0.5) is 5.69 Å². The van der Waals surface area contributed by atoms with Gasteiger partial charge in [-0.2, -0.15) is 0 Å². The van der Waals surface area contributed by atoms with Crippen LogP contribution in [0.15, 0.2) is 16.6 Å². The molecule has 0 saturated carbocycles. The SMILES string of the molecule is N[C@@H](CO)c1cc(Br)cc([N+](=O)[O-])c1O. The molecule has 7 heteroatoms. The fraction of sp³-hybridized carbons (Fsp3) is 0.250. The van der Waals surface area contributed by atoms with E-state index in [1.54, 1.807) is 0 Å². The van der Waals surface area contributed by atoms with E-state index in [9.17, 15) is 15.2 Å². The lowest BCUT2D eigenvalue weighted by atomic mass is 10.1. The van der Waals surface area contributed by atoms with Crippen molar-refractivity contribution in [1.29, 1.82) is 0 Å². The van der Waals surface area contributed by atoms with Gasteiger partial charge in [0.25, 0.3) is 0 Å². The molecule has 0 amide bonds. The van der Waals surface area contributed by atoms with E-state index in [2.05, 4.69) is 15.9 Å². The summed E-state index contributed by atoms with van der Waals surface area (Å²) in [5, 5.41) is 28.9. The molecule has 0 radical (unpaired) electrons. The lowest BCUT2D eigenvalue weighted by molar-refractivity contribution is -0.386. The number of nitrogens with zero attached hydrogens (tertiary/aromatic N) is 1. The van der Waals surface area contributed by atoms with Crippen LogP contribution < -0.4 is 5.73 Å². The van der Waals surface area contributed by atoms with E-state index in [-0.39, 0.29) is 5.56 Å². The highest BCUT2D eigenvalue weighted by molar-refractivity contribution is 9.10. The Morgan fingerprint density at radius 2 is 2.20 bits per heavy atom. The van der Waals surface area contributed by atoms with Gasteiger partial charge in [0.05, 0.1) is 17.6 Å². The van der Waals surface area contributed by atoms with Crippen LogP contribution >= 0.6 is 15.9 Å². The van der Waals surface area contributed by atoms with E-state index >= 15 is 0 Å². The Bertz CT molecular complexity index is 396. The van der Waals surface area contributed by atoms with Crippen LogP contribution in [0, 0.1) is 10.1 Å². The van der Waals surface area contributed by atoms with Gasteiger partial charge in [-0.1, -0.05) is 15.9 Å². The average Bonchev–Trinajstić information content (AvgIpc) is 2.19. The first kappa shape index (κ1) is 11.9. The number of rotatable bonds is 3. The van der Waals surface area contributed by atoms with Gasteiger partial charge < -0.3 is 15.9 Å². The molecular weight excluding hydrogens is 268 g/mol. The number of nitro groups is 1. The number of aliphatic hydroxyl groups is 1. The number of hydrogen-bond donors (Lipinski definition) is 3. The van der Waals surface area contributed by atoms with Crippen molar-refractivity contribution in [3.05, 3.63) is 32.3 Å². The summed E-state index contributed by atoms with van der Waals surface area (Å²) in [7, 11) is 0. The maximum absolute atomic E-state index is 10.6. The predicted molar refractivity (Wildman–Crippen MR) is 56.5 cm³/mol. The molecule has 0 heterocycles. The van der Waals surface area contributed by atoms with Crippen molar-refractivity contribution >= 4 is 21.6 Å². The zero-order chi connectivity index (χ0) is 11.6. The summed E-state index contributed by atoms with van der Waals surface area (Å²) in [6, 6.07) is 1.76. The minimum absolute atomic E-state index is 0.138. The predicted octanol–water partition coefficient (Wildman–Crippen LogP) is 1.05. The van der Waals surface area contributed by atoms with E-state index in [4.69, 9.17) is 10.8 Å². The fourth-order valence-corrected chi connectivity index (χ4v) is 1.59. The maximum Gasteiger partial charge on any atom is 0.312 e. The van der Waals surface area contributed by atoms with Crippen molar-refractivity contribution in [1.82, 2.24) is 0 Å². The van der Waals surface area contributed by atoms with E-state index in [0.717, 1.165) is 0 Å². The number of benzene rings is 1. The lowest BCUT2D eigenvalue weighted by Crippen LogP contribution is -2.15. The summed E-state index contributed by atoms with van der Waals surface area (Å²) in [6.45, 7) is -0.402. The quantitative estimate of drug-likeness (QED) is 0.565. The van der Waals surface area contributed by atoms with Gasteiger partial charge >= 0.3 is 5.69 Å². The molecule has 0 saturated heterocycles. The molecule has 0 aliphatic heterocycles. The number of hydrogen-bond acceptors (Lipinski definition) is 5. The third-order valence-electron chi connectivity index (χ3n) is 1.88. The fourth-order valence-electron chi connectivity index (χ4n) is 1.13. The van der Waals surface area contributed by atoms with Gasteiger partial charge in [-0.3, -0.25) is 10.1 Å². The number of phenolic OH excluding ortho intramolecular Hbond substituents is 1. The van der Waals surface area contributed by atoms with Crippen LogP contribution in [-0.4, -0.2) is 21.7 Å². The van der Waals surface area contributed by atoms with Gasteiger partial charge in [-0.25, -0.2) is 0 Å². The molecule has 15 heavy (non-hydrogen) atoms. The van der Waals surface area contributed by atoms with Crippen molar-refractivity contribution in [3.63, 3.8) is 0 Å². The van der Waals surface area contributed by atoms with Crippen molar-refractivity contribution < 1.29 is 15.1 Å². The topological polar surface area (TPSA) is 110 Å². The van der Waals surface area contributed by atoms with E-state index < -0.39 is 29.0 Å². The van der Waals surface area contributed by atoms with E-state index in [1.807, 2.05) is 0 Å². The smallest absolute Gasteiger partial charge is 0.312 e. The Morgan fingerprint density at radius 3 is 2.67 bits per heavy atom. The van der Waals surface area contributed by atoms with Gasteiger partial charge in [0, 0.05) is 16.1 Å². The normalized spacial score (nSPS) is 12.5. The van der Waals surface area contributed by atoms with Crippen molar-refractivity contribution in [2.24, 2.45) is 5.73 Å². The molecule has 1 atom stereocenters. The van der Waals surface area contributed by atoms with Crippen molar-refractivity contribution in [2.75, 3.05) is 6.61 Å². The maximum atomic E-state index is 10.6. The molecule has 0 aromatic heterocycles. The highest BCUT2D eigenvalue weighted by atomic mass is 79.9. The Balaban J connectivity index is 3.34. The first-order chi connectivity index (χ1) is 6.97. The average molecular weight is 277 g/mol. The zero-order valence-electron chi connectivity index (χ0n) is 7.55. The number of phenols is 1. The van der Waals surface area contributed by atoms with Gasteiger partial charge in [0.2, 0.25) is 0 Å². The van der Waals surface area contributed by atoms with Crippen LogP contribution in [0.25, 0.3) is 0 Å². The minimum atomic E-state index is -0.846. The molecule has 0 aliphatic carbocycles. The van der Waals surface area contributed by atoms with Crippen molar-refractivity contribution in [2.45, 2.75) is 6.04 Å².